The second-order valence-corrected chi connectivity index (χ2v) is 5.64. The first-order valence-corrected chi connectivity index (χ1v) is 8.48. The van der Waals surface area contributed by atoms with Crippen LogP contribution in [0.3, 0.4) is 0 Å². The number of aliphatic hydroxyl groups is 1. The van der Waals surface area contributed by atoms with Crippen molar-refractivity contribution >= 4 is 5.91 Å². The molecule has 0 saturated carbocycles. The lowest BCUT2D eigenvalue weighted by molar-refractivity contribution is -0.128. The molecule has 2 N–H and O–H groups in total. The van der Waals surface area contributed by atoms with Gasteiger partial charge >= 0.3 is 0 Å². The Bertz CT molecular complexity index is 474. The van der Waals surface area contributed by atoms with Gasteiger partial charge in [0, 0.05) is 6.54 Å². The van der Waals surface area contributed by atoms with Crippen molar-refractivity contribution < 1.29 is 19.4 Å². The van der Waals surface area contributed by atoms with Crippen LogP contribution in [0.15, 0.2) is 24.3 Å². The van der Waals surface area contributed by atoms with Gasteiger partial charge in [-0.25, -0.2) is 0 Å². The van der Waals surface area contributed by atoms with Gasteiger partial charge in [0.2, 0.25) is 0 Å². The first kappa shape index (κ1) is 20.3. The normalized spacial score (nSPS) is 13.4. The van der Waals surface area contributed by atoms with Crippen LogP contribution in [-0.2, 0) is 4.79 Å². The highest BCUT2D eigenvalue weighted by molar-refractivity contribution is 5.81. The quantitative estimate of drug-likeness (QED) is 0.642. The number of nitrogens with one attached hydrogen (secondary N) is 1. The van der Waals surface area contributed by atoms with Crippen LogP contribution in [0.1, 0.15) is 27.2 Å². The van der Waals surface area contributed by atoms with Gasteiger partial charge in [0.1, 0.15) is 11.5 Å². The molecule has 1 rings (SSSR count). The van der Waals surface area contributed by atoms with E-state index in [-0.39, 0.29) is 18.6 Å². The number of nitrogens with zero attached hydrogens (tertiary/aromatic N) is 1. The van der Waals surface area contributed by atoms with Crippen LogP contribution in [0.25, 0.3) is 0 Å². The molecule has 0 saturated heterocycles. The van der Waals surface area contributed by atoms with Crippen molar-refractivity contribution in [2.75, 3.05) is 33.4 Å². The molecule has 1 aromatic carbocycles. The summed E-state index contributed by atoms with van der Waals surface area (Å²) in [6, 6.07) is 6.81. The highest BCUT2D eigenvalue weighted by Crippen LogP contribution is 2.18. The lowest BCUT2D eigenvalue weighted by Crippen LogP contribution is -2.45. The average Bonchev–Trinajstić information content (AvgIpc) is 2.61. The van der Waals surface area contributed by atoms with E-state index in [4.69, 9.17) is 9.47 Å². The number of benzene rings is 1. The van der Waals surface area contributed by atoms with E-state index in [1.165, 1.54) is 0 Å². The van der Waals surface area contributed by atoms with Crippen molar-refractivity contribution in [3.8, 4) is 11.5 Å². The number of aliphatic hydroxyl groups excluding tert-OH is 1. The Labute approximate surface area is 144 Å². The molecule has 0 aliphatic carbocycles. The number of amides is 1. The maximum absolute atomic E-state index is 12.2. The molecule has 0 heterocycles. The van der Waals surface area contributed by atoms with Gasteiger partial charge in [-0.2, -0.15) is 0 Å². The van der Waals surface area contributed by atoms with Crippen molar-refractivity contribution in [3.05, 3.63) is 24.3 Å². The van der Waals surface area contributed by atoms with E-state index in [0.717, 1.165) is 25.4 Å². The summed E-state index contributed by atoms with van der Waals surface area (Å²) in [6.07, 6.45) is 0.0695. The van der Waals surface area contributed by atoms with Gasteiger partial charge in [-0.15, -0.1) is 0 Å². The fourth-order valence-electron chi connectivity index (χ4n) is 2.32. The lowest BCUT2D eigenvalue weighted by Gasteiger charge is -2.23. The Morgan fingerprint density at radius 2 is 1.79 bits per heavy atom. The van der Waals surface area contributed by atoms with Crippen LogP contribution in [-0.4, -0.2) is 61.4 Å². The molecule has 6 heteroatoms. The Morgan fingerprint density at radius 1 is 1.21 bits per heavy atom. The molecule has 136 valence electrons. The fourth-order valence-corrected chi connectivity index (χ4v) is 2.32. The molecule has 0 unspecified atom stereocenters. The number of carbonyl (C=O) groups excluding carboxylic acids is 1. The van der Waals surface area contributed by atoms with E-state index in [0.29, 0.717) is 12.2 Å². The number of hydrogen-bond acceptors (Lipinski definition) is 5. The van der Waals surface area contributed by atoms with E-state index in [1.807, 2.05) is 0 Å². The van der Waals surface area contributed by atoms with Gasteiger partial charge in [-0.05, 0) is 50.7 Å². The highest BCUT2D eigenvalue weighted by Gasteiger charge is 2.19. The maximum Gasteiger partial charge on any atom is 0.261 e. The van der Waals surface area contributed by atoms with Gasteiger partial charge < -0.3 is 24.8 Å². The zero-order valence-electron chi connectivity index (χ0n) is 15.1. The lowest BCUT2D eigenvalue weighted by atomic mass is 10.2. The molecule has 6 nitrogen and oxygen atoms in total. The average molecular weight is 338 g/mol. The van der Waals surface area contributed by atoms with Crippen LogP contribution in [0, 0.1) is 0 Å². The van der Waals surface area contributed by atoms with Crippen molar-refractivity contribution in [1.82, 2.24) is 10.2 Å². The van der Waals surface area contributed by atoms with Gasteiger partial charge in [-0.1, -0.05) is 13.8 Å². The highest BCUT2D eigenvalue weighted by atomic mass is 16.5. The van der Waals surface area contributed by atoms with Crippen molar-refractivity contribution in [2.24, 2.45) is 0 Å². The summed E-state index contributed by atoms with van der Waals surface area (Å²) >= 11 is 0. The largest absolute Gasteiger partial charge is 0.497 e. The molecule has 24 heavy (non-hydrogen) atoms. The molecule has 0 radical (unpaired) electrons. The smallest absolute Gasteiger partial charge is 0.261 e. The molecule has 1 aromatic rings. The predicted octanol–water partition coefficient (Wildman–Crippen LogP) is 1.67. The number of rotatable bonds is 11. The molecule has 0 fully saturated rings. The first-order valence-electron chi connectivity index (χ1n) is 8.48. The summed E-state index contributed by atoms with van der Waals surface area (Å²) in [4.78, 5) is 14.5. The van der Waals surface area contributed by atoms with Crippen molar-refractivity contribution in [3.63, 3.8) is 0 Å². The summed E-state index contributed by atoms with van der Waals surface area (Å²) in [5.74, 6) is 1.10. The number of hydrogen-bond donors (Lipinski definition) is 2. The molecule has 1 amide bonds. The van der Waals surface area contributed by atoms with Crippen LogP contribution >= 0.6 is 0 Å². The second kappa shape index (κ2) is 10.9. The van der Waals surface area contributed by atoms with Crippen LogP contribution < -0.4 is 14.8 Å². The third kappa shape index (κ3) is 6.76. The molecule has 0 aliphatic rings. The second-order valence-electron chi connectivity index (χ2n) is 5.64. The van der Waals surface area contributed by atoms with Crippen LogP contribution in [0.4, 0.5) is 0 Å². The zero-order chi connectivity index (χ0) is 17.9. The summed E-state index contributed by atoms with van der Waals surface area (Å²) in [7, 11) is 1.60. The first-order chi connectivity index (χ1) is 11.5. The van der Waals surface area contributed by atoms with E-state index in [1.54, 1.807) is 38.3 Å². The summed E-state index contributed by atoms with van der Waals surface area (Å²) in [5.41, 5.74) is 0. The Morgan fingerprint density at radius 3 is 2.29 bits per heavy atom. The third-order valence-electron chi connectivity index (χ3n) is 4.00. The molecule has 0 spiro atoms. The van der Waals surface area contributed by atoms with Gasteiger partial charge in [0.25, 0.3) is 5.91 Å². The Hall–Kier alpha value is -1.79. The van der Waals surface area contributed by atoms with E-state index < -0.39 is 6.10 Å². The minimum absolute atomic E-state index is 0.0811. The summed E-state index contributed by atoms with van der Waals surface area (Å²) in [5, 5.41) is 12.3. The summed E-state index contributed by atoms with van der Waals surface area (Å²) < 4.78 is 10.7. The Balaban J connectivity index is 2.47. The van der Waals surface area contributed by atoms with Crippen LogP contribution in [0.5, 0.6) is 11.5 Å². The minimum Gasteiger partial charge on any atom is -0.497 e. The SMILES string of the molecule is CCN(CC)CC[C@H](CO)NC(=O)[C@@H](C)Oc1ccc(OC)cc1. The number of ether oxygens (including phenoxy) is 2. The van der Waals surface area contributed by atoms with E-state index in [2.05, 4.69) is 24.1 Å². The zero-order valence-corrected chi connectivity index (χ0v) is 15.1. The molecule has 0 aliphatic heterocycles. The summed E-state index contributed by atoms with van der Waals surface area (Å²) in [6.45, 7) is 8.56. The topological polar surface area (TPSA) is 71.0 Å². The molecular formula is C18H30N2O4. The van der Waals surface area contributed by atoms with Gasteiger partial charge in [0.15, 0.2) is 6.10 Å². The van der Waals surface area contributed by atoms with E-state index in [9.17, 15) is 9.90 Å². The monoisotopic (exact) mass is 338 g/mol. The predicted molar refractivity (Wildman–Crippen MR) is 94.5 cm³/mol. The van der Waals surface area contributed by atoms with Gasteiger partial charge in [0.05, 0.1) is 19.8 Å². The molecular weight excluding hydrogens is 308 g/mol. The van der Waals surface area contributed by atoms with Crippen LogP contribution in [0.2, 0.25) is 0 Å². The standard InChI is InChI=1S/C18H30N2O4/c1-5-20(6-2)12-11-15(13-21)19-18(22)14(3)24-17-9-7-16(23-4)8-10-17/h7-10,14-15,21H,5-6,11-13H2,1-4H3,(H,19,22)/t14-,15-/m1/s1. The van der Waals surface area contributed by atoms with Gasteiger partial charge in [-0.3, -0.25) is 4.79 Å². The maximum atomic E-state index is 12.2. The third-order valence-corrected chi connectivity index (χ3v) is 4.00. The molecule has 0 bridgehead atoms. The van der Waals surface area contributed by atoms with Crippen molar-refractivity contribution in [2.45, 2.75) is 39.3 Å². The molecule has 2 atom stereocenters. The fraction of sp³-hybridized carbons (Fsp3) is 0.611. The molecule has 0 aromatic heterocycles. The van der Waals surface area contributed by atoms with Crippen molar-refractivity contribution in [1.29, 1.82) is 0 Å². The minimum atomic E-state index is -0.638. The number of methoxy groups -OCH3 is 1. The van der Waals surface area contributed by atoms with E-state index >= 15 is 0 Å². The number of carbonyl (C=O) groups is 1. The Kier molecular flexibility index (Phi) is 9.19.